The van der Waals surface area contributed by atoms with Crippen LogP contribution in [-0.2, 0) is 14.8 Å². The van der Waals surface area contributed by atoms with E-state index in [0.717, 1.165) is 5.56 Å². The van der Waals surface area contributed by atoms with Crippen LogP contribution in [0, 0.1) is 0 Å². The predicted molar refractivity (Wildman–Crippen MR) is 118 cm³/mol. The van der Waals surface area contributed by atoms with Gasteiger partial charge in [-0.2, -0.15) is 0 Å². The van der Waals surface area contributed by atoms with Gasteiger partial charge in [-0.3, -0.25) is 9.52 Å². The van der Waals surface area contributed by atoms with E-state index in [0.29, 0.717) is 10.7 Å². The van der Waals surface area contributed by atoms with Gasteiger partial charge in [0.2, 0.25) is 5.91 Å². The Hall–Kier alpha value is -2.80. The maximum Gasteiger partial charge on any atom is 0.261 e. The van der Waals surface area contributed by atoms with Crippen molar-refractivity contribution >= 4 is 56.6 Å². The minimum atomic E-state index is -3.88. The number of hydrogen-bond acceptors (Lipinski definition) is 3. The summed E-state index contributed by atoms with van der Waals surface area (Å²) in [5, 5.41) is 3.31. The van der Waals surface area contributed by atoms with Crippen molar-refractivity contribution in [1.29, 1.82) is 0 Å². The highest BCUT2D eigenvalue weighted by Crippen LogP contribution is 2.27. The molecule has 0 aromatic heterocycles. The third-order valence-corrected chi connectivity index (χ3v) is 5.79. The molecule has 2 N–H and O–H groups in total. The number of anilines is 2. The van der Waals surface area contributed by atoms with Crippen LogP contribution in [0.5, 0.6) is 0 Å². The van der Waals surface area contributed by atoms with Gasteiger partial charge < -0.3 is 5.32 Å². The molecule has 148 valence electrons. The molecule has 0 radical (unpaired) electrons. The fraction of sp³-hybridized carbons (Fsp3) is 0. The third-order valence-electron chi connectivity index (χ3n) is 3.83. The quantitative estimate of drug-likeness (QED) is 0.494. The molecule has 0 heterocycles. The average Bonchev–Trinajstić information content (AvgIpc) is 2.70. The standard InChI is InChI=1S/C21H16Cl2N2O3S/c22-16-7-9-17(10-8-16)25-29(27,28)18-11-12-19(23)20(14-18)24-21(26)13-6-15-4-2-1-3-5-15/h1-14,25H,(H,24,26)/b13-6+. The Morgan fingerprint density at radius 3 is 2.28 bits per heavy atom. The van der Waals surface area contributed by atoms with Gasteiger partial charge in [0.05, 0.1) is 15.6 Å². The highest BCUT2D eigenvalue weighted by molar-refractivity contribution is 7.92. The van der Waals surface area contributed by atoms with Crippen LogP contribution in [0.25, 0.3) is 6.08 Å². The van der Waals surface area contributed by atoms with E-state index < -0.39 is 15.9 Å². The summed E-state index contributed by atoms with van der Waals surface area (Å²) in [4.78, 5) is 12.1. The number of nitrogens with one attached hydrogen (secondary N) is 2. The monoisotopic (exact) mass is 446 g/mol. The van der Waals surface area contributed by atoms with E-state index in [2.05, 4.69) is 10.0 Å². The fourth-order valence-electron chi connectivity index (χ4n) is 2.41. The second-order valence-corrected chi connectivity index (χ2v) is 8.51. The zero-order valence-electron chi connectivity index (χ0n) is 15.0. The molecule has 0 saturated carbocycles. The number of amides is 1. The molecule has 0 spiro atoms. The fourth-order valence-corrected chi connectivity index (χ4v) is 3.79. The number of carbonyl (C=O) groups excluding carboxylic acids is 1. The second-order valence-electron chi connectivity index (χ2n) is 5.99. The van der Waals surface area contributed by atoms with Gasteiger partial charge in [0, 0.05) is 16.8 Å². The molecule has 1 amide bonds. The van der Waals surface area contributed by atoms with Crippen LogP contribution >= 0.6 is 23.2 Å². The van der Waals surface area contributed by atoms with Crippen molar-refractivity contribution in [2.24, 2.45) is 0 Å². The molecule has 3 aromatic carbocycles. The zero-order chi connectivity index (χ0) is 20.9. The lowest BCUT2D eigenvalue weighted by Crippen LogP contribution is -2.14. The first-order valence-corrected chi connectivity index (χ1v) is 10.7. The summed E-state index contributed by atoms with van der Waals surface area (Å²) in [5.41, 5.74) is 1.41. The second kappa shape index (κ2) is 9.13. The summed E-state index contributed by atoms with van der Waals surface area (Å²) < 4.78 is 27.7. The Bertz CT molecular complexity index is 1150. The Balaban J connectivity index is 1.77. The highest BCUT2D eigenvalue weighted by Gasteiger charge is 2.17. The summed E-state index contributed by atoms with van der Waals surface area (Å²) in [6.07, 6.45) is 2.99. The number of rotatable bonds is 6. The van der Waals surface area contributed by atoms with Crippen molar-refractivity contribution in [3.8, 4) is 0 Å². The van der Waals surface area contributed by atoms with Crippen molar-refractivity contribution in [3.63, 3.8) is 0 Å². The lowest BCUT2D eigenvalue weighted by Gasteiger charge is -2.11. The zero-order valence-corrected chi connectivity index (χ0v) is 17.3. The van der Waals surface area contributed by atoms with Crippen molar-refractivity contribution in [1.82, 2.24) is 0 Å². The number of hydrogen-bond donors (Lipinski definition) is 2. The van der Waals surface area contributed by atoms with Crippen molar-refractivity contribution in [2.45, 2.75) is 4.90 Å². The molecule has 0 fully saturated rings. The topological polar surface area (TPSA) is 75.3 Å². The van der Waals surface area contributed by atoms with Gasteiger partial charge >= 0.3 is 0 Å². The number of carbonyl (C=O) groups is 1. The molecule has 8 heteroatoms. The summed E-state index contributed by atoms with van der Waals surface area (Å²) in [7, 11) is -3.88. The minimum absolute atomic E-state index is 0.0424. The third kappa shape index (κ3) is 5.84. The first kappa shape index (κ1) is 20.9. The smallest absolute Gasteiger partial charge is 0.261 e. The van der Waals surface area contributed by atoms with E-state index >= 15 is 0 Å². The predicted octanol–water partition coefficient (Wildman–Crippen LogP) is 5.45. The number of benzene rings is 3. The van der Waals surface area contributed by atoms with E-state index in [1.165, 1.54) is 24.3 Å². The van der Waals surface area contributed by atoms with E-state index in [4.69, 9.17) is 23.2 Å². The maximum absolute atomic E-state index is 12.6. The summed E-state index contributed by atoms with van der Waals surface area (Å²) in [6, 6.07) is 19.6. The van der Waals surface area contributed by atoms with Crippen LogP contribution in [0.4, 0.5) is 11.4 Å². The number of halogens is 2. The van der Waals surface area contributed by atoms with Crippen LogP contribution in [0.1, 0.15) is 5.56 Å². The molecule has 5 nitrogen and oxygen atoms in total. The van der Waals surface area contributed by atoms with Crippen LogP contribution in [0.15, 0.2) is 83.8 Å². The van der Waals surface area contributed by atoms with Crippen LogP contribution in [-0.4, -0.2) is 14.3 Å². The first-order valence-electron chi connectivity index (χ1n) is 8.45. The van der Waals surface area contributed by atoms with Gasteiger partial charge in [-0.1, -0.05) is 53.5 Å². The molecule has 0 saturated heterocycles. The average molecular weight is 447 g/mol. The summed E-state index contributed by atoms with van der Waals surface area (Å²) in [6.45, 7) is 0. The SMILES string of the molecule is O=C(/C=C/c1ccccc1)Nc1cc(S(=O)(=O)Nc2ccc(Cl)cc2)ccc1Cl. The lowest BCUT2D eigenvalue weighted by atomic mass is 10.2. The molecular formula is C21H16Cl2N2O3S. The van der Waals surface area contributed by atoms with Crippen molar-refractivity contribution in [3.05, 3.63) is 94.5 Å². The van der Waals surface area contributed by atoms with Gasteiger partial charge in [0.25, 0.3) is 10.0 Å². The Kier molecular flexibility index (Phi) is 6.59. The molecular weight excluding hydrogens is 431 g/mol. The Labute approximate surface area is 179 Å². The van der Waals surface area contributed by atoms with Crippen molar-refractivity contribution in [2.75, 3.05) is 10.0 Å². The maximum atomic E-state index is 12.6. The van der Waals surface area contributed by atoms with Gasteiger partial charge in [0.15, 0.2) is 0 Å². The first-order chi connectivity index (χ1) is 13.8. The van der Waals surface area contributed by atoms with Gasteiger partial charge in [0.1, 0.15) is 0 Å². The van der Waals surface area contributed by atoms with E-state index in [9.17, 15) is 13.2 Å². The van der Waals surface area contributed by atoms with E-state index in [1.807, 2.05) is 30.3 Å². The van der Waals surface area contributed by atoms with Gasteiger partial charge in [-0.25, -0.2) is 8.42 Å². The molecule has 0 aliphatic heterocycles. The van der Waals surface area contributed by atoms with Gasteiger partial charge in [-0.05, 0) is 54.1 Å². The molecule has 0 aliphatic rings. The normalized spacial score (nSPS) is 11.4. The Morgan fingerprint density at radius 1 is 0.897 bits per heavy atom. The summed E-state index contributed by atoms with van der Waals surface area (Å²) in [5.74, 6) is -0.434. The number of sulfonamides is 1. The van der Waals surface area contributed by atoms with Crippen LogP contribution < -0.4 is 10.0 Å². The van der Waals surface area contributed by atoms with Crippen LogP contribution in [0.2, 0.25) is 10.0 Å². The molecule has 3 aromatic rings. The minimum Gasteiger partial charge on any atom is -0.321 e. The molecule has 0 unspecified atom stereocenters. The molecule has 0 bridgehead atoms. The van der Waals surface area contributed by atoms with Gasteiger partial charge in [-0.15, -0.1) is 0 Å². The van der Waals surface area contributed by atoms with Crippen molar-refractivity contribution < 1.29 is 13.2 Å². The molecule has 3 rings (SSSR count). The Morgan fingerprint density at radius 2 is 1.59 bits per heavy atom. The lowest BCUT2D eigenvalue weighted by molar-refractivity contribution is -0.111. The molecule has 29 heavy (non-hydrogen) atoms. The highest BCUT2D eigenvalue weighted by atomic mass is 35.5. The van der Waals surface area contributed by atoms with E-state index in [1.54, 1.807) is 30.3 Å². The summed E-state index contributed by atoms with van der Waals surface area (Å²) >= 11 is 11.9. The molecule has 0 atom stereocenters. The molecule has 0 aliphatic carbocycles. The van der Waals surface area contributed by atoms with Crippen LogP contribution in [0.3, 0.4) is 0 Å². The van der Waals surface area contributed by atoms with E-state index in [-0.39, 0.29) is 15.6 Å². The largest absolute Gasteiger partial charge is 0.321 e.